The third-order valence-electron chi connectivity index (χ3n) is 5.32. The number of ether oxygens (including phenoxy) is 1. The first kappa shape index (κ1) is 13.1. The molecule has 1 aromatic carbocycles. The fraction of sp³-hybridized carbons (Fsp3) is 0.316. The minimum Gasteiger partial charge on any atom is -0.497 e. The summed E-state index contributed by atoms with van der Waals surface area (Å²) >= 11 is 0. The Hall–Kier alpha value is -2.33. The Labute approximate surface area is 135 Å². The number of hydrogen-bond acceptors (Lipinski definition) is 3. The van der Waals surface area contributed by atoms with Gasteiger partial charge in [0, 0.05) is 54.0 Å². The third-order valence-corrected chi connectivity index (χ3v) is 5.32. The molecular formula is C19H19N3O. The molecular weight excluding hydrogens is 286 g/mol. The standard InChI is InChI=1S/C19H19N3O/c1-23-12-4-5-17-14(9-12)15-10-19-13-3-2-7-20-16(13)6-8-22(19)11-18(15)21-17/h2-5,7,9,19,21H,6,8,10-11H2,1H3/t19-/m0/s1. The maximum absolute atomic E-state index is 5.41. The van der Waals surface area contributed by atoms with E-state index in [0.29, 0.717) is 6.04 Å². The summed E-state index contributed by atoms with van der Waals surface area (Å²) in [4.78, 5) is 10.8. The molecule has 0 bridgehead atoms. The molecule has 0 saturated carbocycles. The van der Waals surface area contributed by atoms with Crippen LogP contribution >= 0.6 is 0 Å². The summed E-state index contributed by atoms with van der Waals surface area (Å²) in [6.45, 7) is 2.08. The molecule has 2 aliphatic rings. The minimum atomic E-state index is 0.449. The van der Waals surface area contributed by atoms with Crippen molar-refractivity contribution in [1.82, 2.24) is 14.9 Å². The largest absolute Gasteiger partial charge is 0.497 e. The Morgan fingerprint density at radius 3 is 3.17 bits per heavy atom. The van der Waals surface area contributed by atoms with Crippen LogP contribution in [-0.4, -0.2) is 28.5 Å². The summed E-state index contributed by atoms with van der Waals surface area (Å²) in [7, 11) is 1.73. The van der Waals surface area contributed by atoms with Gasteiger partial charge in [0.25, 0.3) is 0 Å². The smallest absolute Gasteiger partial charge is 0.119 e. The van der Waals surface area contributed by atoms with Crippen molar-refractivity contribution in [2.24, 2.45) is 0 Å². The van der Waals surface area contributed by atoms with Gasteiger partial charge in [-0.05, 0) is 41.8 Å². The topological polar surface area (TPSA) is 41.1 Å². The van der Waals surface area contributed by atoms with Gasteiger partial charge in [0.05, 0.1) is 7.11 Å². The monoisotopic (exact) mass is 305 g/mol. The Morgan fingerprint density at radius 1 is 1.30 bits per heavy atom. The summed E-state index contributed by atoms with van der Waals surface area (Å²) in [6, 6.07) is 11.1. The number of H-pyrrole nitrogens is 1. The number of nitrogens with one attached hydrogen (secondary N) is 1. The van der Waals surface area contributed by atoms with Gasteiger partial charge in [0.1, 0.15) is 5.75 Å². The van der Waals surface area contributed by atoms with Crippen molar-refractivity contribution in [3.8, 4) is 5.75 Å². The lowest BCUT2D eigenvalue weighted by Crippen LogP contribution is -2.39. The number of nitrogens with zero attached hydrogens (tertiary/aromatic N) is 2. The highest BCUT2D eigenvalue weighted by Gasteiger charge is 2.34. The summed E-state index contributed by atoms with van der Waals surface area (Å²) in [5, 5.41) is 1.30. The number of aromatic nitrogens is 2. The quantitative estimate of drug-likeness (QED) is 0.750. The molecule has 4 heterocycles. The molecule has 4 heteroatoms. The number of rotatable bonds is 1. The summed E-state index contributed by atoms with van der Waals surface area (Å²) in [5.74, 6) is 0.924. The lowest BCUT2D eigenvalue weighted by atomic mass is 9.87. The average molecular weight is 305 g/mol. The molecule has 0 saturated heterocycles. The van der Waals surface area contributed by atoms with Crippen molar-refractivity contribution < 1.29 is 4.74 Å². The molecule has 2 aromatic heterocycles. The van der Waals surface area contributed by atoms with Crippen LogP contribution in [0.3, 0.4) is 0 Å². The highest BCUT2D eigenvalue weighted by atomic mass is 16.5. The van der Waals surface area contributed by atoms with Crippen molar-refractivity contribution >= 4 is 10.9 Å². The van der Waals surface area contributed by atoms with E-state index in [2.05, 4.69) is 39.1 Å². The fourth-order valence-electron chi connectivity index (χ4n) is 4.17. The molecule has 5 rings (SSSR count). The normalized spacial score (nSPS) is 20.0. The predicted molar refractivity (Wildman–Crippen MR) is 89.6 cm³/mol. The van der Waals surface area contributed by atoms with Crippen LogP contribution in [0.2, 0.25) is 0 Å². The molecule has 116 valence electrons. The van der Waals surface area contributed by atoms with E-state index in [0.717, 1.165) is 31.7 Å². The predicted octanol–water partition coefficient (Wildman–Crippen LogP) is 3.23. The molecule has 1 N–H and O–H groups in total. The van der Waals surface area contributed by atoms with Gasteiger partial charge in [-0.2, -0.15) is 0 Å². The van der Waals surface area contributed by atoms with E-state index >= 15 is 0 Å². The molecule has 0 aliphatic carbocycles. The van der Waals surface area contributed by atoms with Gasteiger partial charge in [-0.3, -0.25) is 9.88 Å². The average Bonchev–Trinajstić information content (AvgIpc) is 2.96. The number of fused-ring (bicyclic) bond motifs is 6. The lowest BCUT2D eigenvalue weighted by molar-refractivity contribution is 0.158. The van der Waals surface area contributed by atoms with Gasteiger partial charge in [-0.1, -0.05) is 6.07 Å². The van der Waals surface area contributed by atoms with E-state index in [4.69, 9.17) is 4.74 Å². The van der Waals surface area contributed by atoms with Gasteiger partial charge >= 0.3 is 0 Å². The van der Waals surface area contributed by atoms with Gasteiger partial charge in [-0.25, -0.2) is 0 Å². The Kier molecular flexibility index (Phi) is 2.76. The zero-order valence-electron chi connectivity index (χ0n) is 13.2. The number of benzene rings is 1. The fourth-order valence-corrected chi connectivity index (χ4v) is 4.17. The van der Waals surface area contributed by atoms with Gasteiger partial charge in [0.2, 0.25) is 0 Å². The van der Waals surface area contributed by atoms with Crippen molar-refractivity contribution in [2.45, 2.75) is 25.4 Å². The molecule has 0 radical (unpaired) electrons. The van der Waals surface area contributed by atoms with Crippen molar-refractivity contribution in [3.63, 3.8) is 0 Å². The molecule has 1 atom stereocenters. The second kappa shape index (κ2) is 4.83. The van der Waals surface area contributed by atoms with E-state index in [1.165, 1.54) is 33.4 Å². The van der Waals surface area contributed by atoms with Crippen LogP contribution in [0.5, 0.6) is 5.75 Å². The van der Waals surface area contributed by atoms with E-state index in [1.54, 1.807) is 7.11 Å². The summed E-state index contributed by atoms with van der Waals surface area (Å²) < 4.78 is 5.41. The van der Waals surface area contributed by atoms with Crippen LogP contribution in [0, 0.1) is 0 Å². The highest BCUT2D eigenvalue weighted by molar-refractivity contribution is 5.86. The molecule has 0 fully saturated rings. The molecule has 4 nitrogen and oxygen atoms in total. The van der Waals surface area contributed by atoms with Crippen LogP contribution in [0.25, 0.3) is 10.9 Å². The Balaban J connectivity index is 1.64. The highest BCUT2D eigenvalue weighted by Crippen LogP contribution is 2.40. The van der Waals surface area contributed by atoms with Crippen LogP contribution in [0.4, 0.5) is 0 Å². The van der Waals surface area contributed by atoms with E-state index in [9.17, 15) is 0 Å². The molecule has 0 spiro atoms. The molecule has 0 unspecified atom stereocenters. The first-order valence-electron chi connectivity index (χ1n) is 8.19. The van der Waals surface area contributed by atoms with Crippen LogP contribution < -0.4 is 4.74 Å². The Morgan fingerprint density at radius 2 is 2.26 bits per heavy atom. The van der Waals surface area contributed by atoms with Crippen molar-refractivity contribution in [2.75, 3.05) is 13.7 Å². The zero-order chi connectivity index (χ0) is 15.4. The van der Waals surface area contributed by atoms with Gasteiger partial charge in [0.15, 0.2) is 0 Å². The molecule has 3 aromatic rings. The Bertz CT molecular complexity index is 899. The molecule has 2 aliphatic heterocycles. The second-order valence-corrected chi connectivity index (χ2v) is 6.47. The first-order chi connectivity index (χ1) is 11.3. The van der Waals surface area contributed by atoms with Gasteiger partial charge in [-0.15, -0.1) is 0 Å². The number of aromatic amines is 1. The minimum absolute atomic E-state index is 0.449. The maximum atomic E-state index is 5.41. The summed E-state index contributed by atoms with van der Waals surface area (Å²) in [6.07, 6.45) is 4.01. The van der Waals surface area contributed by atoms with E-state index < -0.39 is 0 Å². The number of pyridine rings is 1. The first-order valence-corrected chi connectivity index (χ1v) is 8.19. The SMILES string of the molecule is COc1ccc2[nH]c3c(c2c1)C[C@H]1c2cccnc2CCN1C3. The summed E-state index contributed by atoms with van der Waals surface area (Å²) in [5.41, 5.74) is 6.69. The van der Waals surface area contributed by atoms with Crippen molar-refractivity contribution in [1.29, 1.82) is 0 Å². The van der Waals surface area contributed by atoms with Crippen LogP contribution in [-0.2, 0) is 19.4 Å². The zero-order valence-corrected chi connectivity index (χ0v) is 13.2. The van der Waals surface area contributed by atoms with Gasteiger partial charge < -0.3 is 9.72 Å². The van der Waals surface area contributed by atoms with Crippen molar-refractivity contribution in [3.05, 3.63) is 59.0 Å². The van der Waals surface area contributed by atoms with Crippen LogP contribution in [0.1, 0.15) is 28.6 Å². The third kappa shape index (κ3) is 1.91. The molecule has 23 heavy (non-hydrogen) atoms. The molecule has 0 amide bonds. The maximum Gasteiger partial charge on any atom is 0.119 e. The van der Waals surface area contributed by atoms with E-state index in [1.807, 2.05) is 12.3 Å². The van der Waals surface area contributed by atoms with Crippen LogP contribution in [0.15, 0.2) is 36.5 Å². The number of methoxy groups -OCH3 is 1. The number of hydrogen-bond donors (Lipinski definition) is 1. The van der Waals surface area contributed by atoms with E-state index in [-0.39, 0.29) is 0 Å². The second-order valence-electron chi connectivity index (χ2n) is 6.47. The lowest BCUT2D eigenvalue weighted by Gasteiger charge is -2.39.